The van der Waals surface area contributed by atoms with Gasteiger partial charge in [-0.1, -0.05) is 89.0 Å². The van der Waals surface area contributed by atoms with Crippen molar-refractivity contribution >= 4 is 34.8 Å². The average Bonchev–Trinajstić information content (AvgIpc) is 3.01. The van der Waals surface area contributed by atoms with Crippen molar-refractivity contribution in [2.75, 3.05) is 26.1 Å². The summed E-state index contributed by atoms with van der Waals surface area (Å²) in [4.78, 5) is 14.4. The van der Waals surface area contributed by atoms with Gasteiger partial charge in [-0.25, -0.2) is 4.39 Å². The smallest absolute Gasteiger partial charge is 0.266 e. The molecule has 2 atom stereocenters. The number of nitrogens with one attached hydrogen (secondary N) is 1. The van der Waals surface area contributed by atoms with Gasteiger partial charge in [-0.3, -0.25) is 4.79 Å². The molecule has 0 aliphatic carbocycles. The number of aliphatic hydroxyl groups is 1. The Labute approximate surface area is 293 Å². The van der Waals surface area contributed by atoms with E-state index in [0.717, 1.165) is 46.5 Å². The van der Waals surface area contributed by atoms with Crippen LogP contribution in [0.15, 0.2) is 66.2 Å². The number of amides is 1. The molecule has 0 aliphatic heterocycles. The molecule has 5 nitrogen and oxygen atoms in total. The summed E-state index contributed by atoms with van der Waals surface area (Å²) in [5.74, 6) is 0.760. The highest BCUT2D eigenvalue weighted by atomic mass is 35.5. The van der Waals surface area contributed by atoms with E-state index in [1.165, 1.54) is 11.6 Å². The number of nitrogens with zero attached hydrogens (tertiary/aromatic N) is 1. The Morgan fingerprint density at radius 3 is 2.17 bits per heavy atom. The lowest BCUT2D eigenvalue weighted by molar-refractivity contribution is -0.146. The molecule has 0 saturated heterocycles. The van der Waals surface area contributed by atoms with Gasteiger partial charge in [-0.15, -0.1) is 0 Å². The van der Waals surface area contributed by atoms with Gasteiger partial charge in [0.05, 0.1) is 0 Å². The lowest BCUT2D eigenvalue weighted by Gasteiger charge is -2.34. The largest absolute Gasteiger partial charge is 0.477 e. The number of allylic oxidation sites excluding steroid dienone is 2. The average molecular weight is 690 g/mol. The van der Waals surface area contributed by atoms with E-state index < -0.39 is 5.60 Å². The van der Waals surface area contributed by atoms with Crippen molar-refractivity contribution < 1.29 is 19.0 Å². The van der Waals surface area contributed by atoms with E-state index in [-0.39, 0.29) is 37.7 Å². The van der Waals surface area contributed by atoms with Gasteiger partial charge in [0, 0.05) is 35.7 Å². The number of halogens is 3. The zero-order valence-electron chi connectivity index (χ0n) is 28.8. The van der Waals surface area contributed by atoms with Gasteiger partial charge in [-0.05, 0) is 110 Å². The van der Waals surface area contributed by atoms with Crippen molar-refractivity contribution in [1.82, 2.24) is 4.90 Å². The summed E-state index contributed by atoms with van der Waals surface area (Å²) in [5.41, 5.74) is 5.25. The molecule has 0 heterocycles. The lowest BCUT2D eigenvalue weighted by Crippen LogP contribution is -2.50. The maximum Gasteiger partial charge on any atom is 0.266 e. The van der Waals surface area contributed by atoms with Gasteiger partial charge < -0.3 is 20.1 Å². The number of aliphatic hydroxyl groups excluding tert-OH is 1. The Morgan fingerprint density at radius 2 is 1.60 bits per heavy atom. The molecule has 3 rings (SSSR count). The molecule has 0 spiro atoms. The van der Waals surface area contributed by atoms with Crippen molar-refractivity contribution in [3.63, 3.8) is 0 Å². The van der Waals surface area contributed by atoms with Crippen molar-refractivity contribution in [3.8, 4) is 5.75 Å². The first kappa shape index (κ1) is 42.0. The zero-order chi connectivity index (χ0) is 34.6. The van der Waals surface area contributed by atoms with Crippen LogP contribution in [0.2, 0.25) is 10.0 Å². The van der Waals surface area contributed by atoms with Gasteiger partial charge in [0.1, 0.15) is 18.3 Å². The first-order valence-corrected chi connectivity index (χ1v) is 16.7. The van der Waals surface area contributed by atoms with Crippen molar-refractivity contribution in [1.29, 1.82) is 0 Å². The number of likely N-dealkylation sites (N-methyl/N-ethyl adjacent to an activating group) is 1. The third-order valence-corrected chi connectivity index (χ3v) is 8.86. The maximum absolute atomic E-state index is 13.5. The molecule has 8 heteroatoms. The normalized spacial score (nSPS) is 12.7. The summed E-state index contributed by atoms with van der Waals surface area (Å²) in [7, 11) is 3.55. The Balaban J connectivity index is 0.000000474. The van der Waals surface area contributed by atoms with Crippen molar-refractivity contribution in [3.05, 3.63) is 104 Å². The van der Waals surface area contributed by atoms with Crippen LogP contribution in [0.4, 0.5) is 10.1 Å². The van der Waals surface area contributed by atoms with Crippen LogP contribution in [0.1, 0.15) is 109 Å². The Bertz CT molecular complexity index is 1470. The van der Waals surface area contributed by atoms with E-state index in [4.69, 9.17) is 33.0 Å². The molecule has 0 aliphatic rings. The fraction of sp³-hybridized carbons (Fsp3) is 0.462. The lowest BCUT2D eigenvalue weighted by atomic mass is 9.89. The summed E-state index contributed by atoms with van der Waals surface area (Å²) in [6, 6.07) is 15.9. The first-order valence-electron chi connectivity index (χ1n) is 16.0. The second kappa shape index (κ2) is 19.7. The molecule has 0 radical (unpaired) electrons. The number of carbonyl (C=O) groups is 1. The van der Waals surface area contributed by atoms with Crippen LogP contribution in [0.5, 0.6) is 5.75 Å². The van der Waals surface area contributed by atoms with Crippen LogP contribution in [-0.2, 0) is 4.79 Å². The van der Waals surface area contributed by atoms with Gasteiger partial charge >= 0.3 is 0 Å². The number of hydrogen-bond donors (Lipinski definition) is 2. The quantitative estimate of drug-likeness (QED) is 0.139. The number of hydrogen-bond acceptors (Lipinski definition) is 4. The molecule has 260 valence electrons. The first-order chi connectivity index (χ1) is 21.7. The summed E-state index contributed by atoms with van der Waals surface area (Å²) in [6.45, 7) is 14.3. The second-order valence-corrected chi connectivity index (χ2v) is 12.9. The van der Waals surface area contributed by atoms with Gasteiger partial charge in [-0.2, -0.15) is 0 Å². The molecule has 0 fully saturated rings. The number of rotatable bonds is 13. The molecule has 0 bridgehead atoms. The van der Waals surface area contributed by atoms with Crippen LogP contribution >= 0.6 is 23.2 Å². The van der Waals surface area contributed by atoms with E-state index in [2.05, 4.69) is 32.2 Å². The minimum Gasteiger partial charge on any atom is -0.477 e. The molecule has 0 saturated carbocycles. The Hall–Kier alpha value is -3.06. The zero-order valence-corrected chi connectivity index (χ0v) is 30.3. The van der Waals surface area contributed by atoms with Gasteiger partial charge in [0.15, 0.2) is 5.60 Å². The minimum absolute atomic E-state index is 0. The maximum atomic E-state index is 13.5. The minimum atomic E-state index is -0.847. The molecule has 47 heavy (non-hydrogen) atoms. The predicted molar refractivity (Wildman–Crippen MR) is 199 cm³/mol. The van der Waals surface area contributed by atoms with E-state index in [1.807, 2.05) is 52.0 Å². The molecular formula is C39H55Cl2FN2O3. The summed E-state index contributed by atoms with van der Waals surface area (Å²) >= 11 is 12.2. The molecule has 3 aromatic rings. The molecule has 0 aromatic heterocycles. The third kappa shape index (κ3) is 11.5. The van der Waals surface area contributed by atoms with Crippen LogP contribution in [0.3, 0.4) is 0 Å². The monoisotopic (exact) mass is 688 g/mol. The topological polar surface area (TPSA) is 61.8 Å². The van der Waals surface area contributed by atoms with Crippen LogP contribution in [-0.4, -0.2) is 42.3 Å². The summed E-state index contributed by atoms with van der Waals surface area (Å²) in [6.07, 6.45) is 5.46. The number of benzene rings is 3. The standard InChI is InChI=1S/C22H34ClNO2.C16H17ClFNO.CH4/c1-8-11-16(4)14-17(5)19-15-18(23)12-13-20(19)26-22(9-2,10-3)21(25)24(6)7;1-10-3-5-13(18)8-15(10)11(2)14-6-4-12(17)7-16(14)19-9-20;/h11-13,15,17H,8-10,14H2,1-7H3;3-8,11,19-20H,9H2,1-2H3;1H4/b16-11-;;. The highest BCUT2D eigenvalue weighted by Gasteiger charge is 2.39. The van der Waals surface area contributed by atoms with Gasteiger partial charge in [0.25, 0.3) is 5.91 Å². The van der Waals surface area contributed by atoms with Crippen molar-refractivity contribution in [2.24, 2.45) is 0 Å². The van der Waals surface area contributed by atoms with E-state index in [0.29, 0.717) is 22.9 Å². The number of carbonyl (C=O) groups excluding carboxylic acids is 1. The van der Waals surface area contributed by atoms with E-state index >= 15 is 0 Å². The number of anilines is 1. The Morgan fingerprint density at radius 1 is 0.979 bits per heavy atom. The number of aryl methyl sites for hydroxylation is 1. The summed E-state index contributed by atoms with van der Waals surface area (Å²) in [5, 5.41) is 13.2. The molecule has 2 N–H and O–H groups in total. The molecular weight excluding hydrogens is 634 g/mol. The molecule has 1 amide bonds. The predicted octanol–water partition coefficient (Wildman–Crippen LogP) is 11.2. The van der Waals surface area contributed by atoms with Gasteiger partial charge in [0.2, 0.25) is 0 Å². The third-order valence-electron chi connectivity index (χ3n) is 8.39. The van der Waals surface area contributed by atoms with Crippen LogP contribution in [0, 0.1) is 12.7 Å². The number of ether oxygens (including phenoxy) is 1. The van der Waals surface area contributed by atoms with Crippen LogP contribution in [0.25, 0.3) is 0 Å². The second-order valence-electron chi connectivity index (χ2n) is 12.0. The fourth-order valence-electron chi connectivity index (χ4n) is 5.77. The molecule has 3 aromatic carbocycles. The molecule has 2 unspecified atom stereocenters. The Kier molecular flexibility index (Phi) is 17.6. The van der Waals surface area contributed by atoms with E-state index in [1.54, 1.807) is 43.3 Å². The van der Waals surface area contributed by atoms with Crippen molar-refractivity contribution in [2.45, 2.75) is 99.0 Å². The SMILES string of the molecule is C.CC/C=C(/C)CC(C)c1cc(Cl)ccc1OC(CC)(CC)C(=O)N(C)C.Cc1ccc(F)cc1C(C)c1ccc(Cl)cc1NCO. The summed E-state index contributed by atoms with van der Waals surface area (Å²) < 4.78 is 19.9. The highest BCUT2D eigenvalue weighted by Crippen LogP contribution is 2.37. The highest BCUT2D eigenvalue weighted by molar-refractivity contribution is 6.31. The van der Waals surface area contributed by atoms with E-state index in [9.17, 15) is 9.18 Å². The van der Waals surface area contributed by atoms with Crippen LogP contribution < -0.4 is 10.1 Å². The fourth-order valence-corrected chi connectivity index (χ4v) is 6.12.